The Morgan fingerprint density at radius 1 is 1.37 bits per heavy atom. The lowest BCUT2D eigenvalue weighted by Gasteiger charge is -2.15. The highest BCUT2D eigenvalue weighted by Gasteiger charge is 2.19. The molecule has 0 atom stereocenters. The minimum Gasteiger partial charge on any atom is -0.378 e. The van der Waals surface area contributed by atoms with Crippen molar-refractivity contribution in [1.82, 2.24) is 10.3 Å². The molecule has 0 saturated heterocycles. The van der Waals surface area contributed by atoms with Gasteiger partial charge in [0.05, 0.1) is 21.5 Å². The van der Waals surface area contributed by atoms with Crippen molar-refractivity contribution in [2.75, 3.05) is 7.05 Å². The summed E-state index contributed by atoms with van der Waals surface area (Å²) in [6, 6.07) is 1.60. The van der Waals surface area contributed by atoms with Gasteiger partial charge in [0.25, 0.3) is 0 Å². The van der Waals surface area contributed by atoms with Crippen molar-refractivity contribution in [3.8, 4) is 0 Å². The van der Waals surface area contributed by atoms with Gasteiger partial charge in [0.2, 0.25) is 0 Å². The third-order valence-electron chi connectivity index (χ3n) is 2.58. The number of halogens is 3. The molecule has 0 spiro atoms. The largest absolute Gasteiger partial charge is 0.378 e. The van der Waals surface area contributed by atoms with Crippen molar-refractivity contribution in [2.45, 2.75) is 0 Å². The highest BCUT2D eigenvalue weighted by Crippen LogP contribution is 2.30. The SMILES string of the molecule is CN/C(Cl)=C1/C=CC=C(c2ncc(Cl)cc2Cl)C1=N. The molecule has 2 rings (SSSR count). The van der Waals surface area contributed by atoms with Gasteiger partial charge in [-0.05, 0) is 12.1 Å². The number of nitrogens with one attached hydrogen (secondary N) is 2. The van der Waals surface area contributed by atoms with Gasteiger partial charge in [0.1, 0.15) is 5.16 Å². The molecule has 1 heterocycles. The standard InChI is InChI=1S/C13H10Cl3N3/c1-18-13(16)9-4-2-3-8(11(9)17)12-10(15)5-7(14)6-19-12/h2-6,17-18H,1H3/b13-9-,17-11?. The fraction of sp³-hybridized carbons (Fsp3) is 0.0769. The van der Waals surface area contributed by atoms with Crippen molar-refractivity contribution >= 4 is 46.1 Å². The molecular formula is C13H10Cl3N3. The zero-order valence-corrected chi connectivity index (χ0v) is 12.2. The van der Waals surface area contributed by atoms with Crippen LogP contribution in [0.15, 0.2) is 41.2 Å². The van der Waals surface area contributed by atoms with Gasteiger partial charge in [-0.1, -0.05) is 47.0 Å². The summed E-state index contributed by atoms with van der Waals surface area (Å²) in [5, 5.41) is 12.3. The Labute approximate surface area is 126 Å². The van der Waals surface area contributed by atoms with Gasteiger partial charge in [0.15, 0.2) is 0 Å². The number of rotatable bonds is 2. The first-order valence-electron chi connectivity index (χ1n) is 5.41. The molecule has 1 aromatic rings. The first-order chi connectivity index (χ1) is 9.04. The van der Waals surface area contributed by atoms with E-state index in [0.29, 0.717) is 32.0 Å². The molecule has 19 heavy (non-hydrogen) atoms. The number of hydrogen-bond donors (Lipinski definition) is 2. The van der Waals surface area contributed by atoms with Crippen molar-refractivity contribution in [3.63, 3.8) is 0 Å². The Balaban J connectivity index is 2.49. The van der Waals surface area contributed by atoms with Crippen LogP contribution in [-0.4, -0.2) is 17.7 Å². The third kappa shape index (κ3) is 2.84. The number of hydrogen-bond acceptors (Lipinski definition) is 3. The van der Waals surface area contributed by atoms with Crippen LogP contribution in [0.4, 0.5) is 0 Å². The molecule has 0 radical (unpaired) electrons. The summed E-state index contributed by atoms with van der Waals surface area (Å²) in [7, 11) is 1.70. The van der Waals surface area contributed by atoms with E-state index in [0.717, 1.165) is 0 Å². The molecule has 3 nitrogen and oxygen atoms in total. The van der Waals surface area contributed by atoms with Crippen LogP contribution in [0.3, 0.4) is 0 Å². The average molecular weight is 315 g/mol. The maximum atomic E-state index is 8.19. The lowest BCUT2D eigenvalue weighted by molar-refractivity contribution is 1.06. The Morgan fingerprint density at radius 3 is 2.74 bits per heavy atom. The maximum absolute atomic E-state index is 8.19. The summed E-state index contributed by atoms with van der Waals surface area (Å²) in [6.45, 7) is 0. The third-order valence-corrected chi connectivity index (χ3v) is 3.47. The fourth-order valence-corrected chi connectivity index (χ4v) is 2.32. The lowest BCUT2D eigenvalue weighted by atomic mass is 9.95. The van der Waals surface area contributed by atoms with Crippen LogP contribution in [0.1, 0.15) is 5.69 Å². The van der Waals surface area contributed by atoms with E-state index in [1.54, 1.807) is 31.3 Å². The summed E-state index contributed by atoms with van der Waals surface area (Å²) in [6.07, 6.45) is 6.83. The molecule has 98 valence electrons. The highest BCUT2D eigenvalue weighted by molar-refractivity contribution is 6.41. The Bertz CT molecular complexity index is 630. The molecule has 0 amide bonds. The van der Waals surface area contributed by atoms with Crippen LogP contribution in [0.2, 0.25) is 10.0 Å². The van der Waals surface area contributed by atoms with E-state index < -0.39 is 0 Å². The molecule has 0 bridgehead atoms. The minimum atomic E-state index is 0.263. The molecule has 0 fully saturated rings. The molecular weight excluding hydrogens is 305 g/mol. The molecule has 1 aromatic heterocycles. The molecule has 0 aliphatic heterocycles. The molecule has 2 N–H and O–H groups in total. The van der Waals surface area contributed by atoms with Crippen LogP contribution >= 0.6 is 34.8 Å². The van der Waals surface area contributed by atoms with Gasteiger partial charge < -0.3 is 5.32 Å². The monoisotopic (exact) mass is 313 g/mol. The smallest absolute Gasteiger partial charge is 0.111 e. The minimum absolute atomic E-state index is 0.263. The fourth-order valence-electron chi connectivity index (χ4n) is 1.68. The Morgan fingerprint density at radius 2 is 2.11 bits per heavy atom. The van der Waals surface area contributed by atoms with Crippen LogP contribution in [0.25, 0.3) is 5.57 Å². The van der Waals surface area contributed by atoms with Crippen molar-refractivity contribution in [1.29, 1.82) is 5.41 Å². The van der Waals surface area contributed by atoms with Crippen LogP contribution in [0.5, 0.6) is 0 Å². The second-order valence-electron chi connectivity index (χ2n) is 3.78. The topological polar surface area (TPSA) is 48.8 Å². The average Bonchev–Trinajstić information content (AvgIpc) is 2.39. The maximum Gasteiger partial charge on any atom is 0.111 e. The summed E-state index contributed by atoms with van der Waals surface area (Å²) >= 11 is 18.0. The second-order valence-corrected chi connectivity index (χ2v) is 5.00. The summed E-state index contributed by atoms with van der Waals surface area (Å²) < 4.78 is 0. The lowest BCUT2D eigenvalue weighted by Crippen LogP contribution is -2.13. The Hall–Kier alpha value is -1.29. The van der Waals surface area contributed by atoms with E-state index in [1.807, 2.05) is 0 Å². The summed E-state index contributed by atoms with van der Waals surface area (Å²) in [5.41, 5.74) is 1.97. The highest BCUT2D eigenvalue weighted by atomic mass is 35.5. The predicted molar refractivity (Wildman–Crippen MR) is 81.0 cm³/mol. The van der Waals surface area contributed by atoms with E-state index >= 15 is 0 Å². The molecule has 0 saturated carbocycles. The van der Waals surface area contributed by atoms with Gasteiger partial charge in [-0.25, -0.2) is 0 Å². The summed E-state index contributed by atoms with van der Waals surface area (Å²) in [5.74, 6) is 0. The second kappa shape index (κ2) is 5.78. The van der Waals surface area contributed by atoms with Gasteiger partial charge in [-0.2, -0.15) is 0 Å². The number of aromatic nitrogens is 1. The van der Waals surface area contributed by atoms with Crippen LogP contribution < -0.4 is 5.32 Å². The number of allylic oxidation sites excluding steroid dienone is 5. The first kappa shape index (κ1) is 14.1. The predicted octanol–water partition coefficient (Wildman–Crippen LogP) is 4.03. The van der Waals surface area contributed by atoms with Crippen molar-refractivity contribution in [3.05, 3.63) is 57.0 Å². The first-order valence-corrected chi connectivity index (χ1v) is 6.54. The van der Waals surface area contributed by atoms with E-state index in [2.05, 4.69) is 10.3 Å². The van der Waals surface area contributed by atoms with Crippen LogP contribution in [0, 0.1) is 5.41 Å². The van der Waals surface area contributed by atoms with E-state index in [1.165, 1.54) is 6.20 Å². The molecule has 0 aromatic carbocycles. The molecule has 1 aliphatic carbocycles. The normalized spacial score (nSPS) is 17.3. The molecule has 1 aliphatic rings. The number of pyridine rings is 1. The molecule has 0 unspecified atom stereocenters. The van der Waals surface area contributed by atoms with E-state index in [9.17, 15) is 0 Å². The zero-order valence-electron chi connectivity index (χ0n) is 9.97. The quantitative estimate of drug-likeness (QED) is 0.810. The van der Waals surface area contributed by atoms with Gasteiger partial charge in [0, 0.05) is 24.4 Å². The Kier molecular flexibility index (Phi) is 4.30. The van der Waals surface area contributed by atoms with Crippen molar-refractivity contribution < 1.29 is 0 Å². The van der Waals surface area contributed by atoms with Gasteiger partial charge in [-0.3, -0.25) is 10.4 Å². The molecule has 6 heteroatoms. The van der Waals surface area contributed by atoms with Crippen molar-refractivity contribution in [2.24, 2.45) is 0 Å². The van der Waals surface area contributed by atoms with Gasteiger partial charge >= 0.3 is 0 Å². The van der Waals surface area contributed by atoms with E-state index in [4.69, 9.17) is 40.2 Å². The van der Waals surface area contributed by atoms with Gasteiger partial charge in [-0.15, -0.1) is 0 Å². The van der Waals surface area contributed by atoms with Crippen LogP contribution in [-0.2, 0) is 0 Å². The van der Waals surface area contributed by atoms with E-state index in [-0.39, 0.29) is 5.71 Å². The number of nitrogens with zero attached hydrogens (tertiary/aromatic N) is 1. The summed E-state index contributed by atoms with van der Waals surface area (Å²) in [4.78, 5) is 4.18. The zero-order chi connectivity index (χ0) is 14.0.